The molecule has 3 heteroatoms. The molecule has 1 aromatic rings. The zero-order valence-corrected chi connectivity index (χ0v) is 12.4. The molecule has 1 heterocycles. The third-order valence-corrected chi connectivity index (χ3v) is 5.93. The standard InChI is InChI=1S/C13H18INS/c14-13-7-10-11(5-2-6-12(10)16-13)15-8-9-3-1-4-9/h7,9,11,15H,1-6,8H2. The first-order valence-corrected chi connectivity index (χ1v) is 8.24. The molecule has 0 amide bonds. The Balaban J connectivity index is 1.66. The van der Waals surface area contributed by atoms with E-state index in [1.807, 2.05) is 11.3 Å². The summed E-state index contributed by atoms with van der Waals surface area (Å²) in [4.78, 5) is 1.64. The van der Waals surface area contributed by atoms with E-state index in [2.05, 4.69) is 34.0 Å². The number of halogens is 1. The molecular formula is C13H18INS. The van der Waals surface area contributed by atoms with Crippen molar-refractivity contribution < 1.29 is 0 Å². The largest absolute Gasteiger partial charge is 0.310 e. The zero-order valence-electron chi connectivity index (χ0n) is 9.47. The van der Waals surface area contributed by atoms with Crippen LogP contribution in [-0.4, -0.2) is 6.54 Å². The maximum atomic E-state index is 3.80. The molecule has 0 bridgehead atoms. The highest BCUT2D eigenvalue weighted by Crippen LogP contribution is 2.36. The lowest BCUT2D eigenvalue weighted by molar-refractivity contribution is 0.283. The lowest BCUT2D eigenvalue weighted by atomic mass is 9.84. The Bertz CT molecular complexity index is 370. The van der Waals surface area contributed by atoms with Crippen molar-refractivity contribution in [3.05, 3.63) is 19.4 Å². The van der Waals surface area contributed by atoms with Crippen LogP contribution in [0.2, 0.25) is 0 Å². The highest BCUT2D eigenvalue weighted by atomic mass is 127. The van der Waals surface area contributed by atoms with Gasteiger partial charge in [0.1, 0.15) is 0 Å². The fourth-order valence-electron chi connectivity index (χ4n) is 2.74. The Labute approximate surface area is 115 Å². The van der Waals surface area contributed by atoms with Gasteiger partial charge in [-0.3, -0.25) is 0 Å². The molecular weight excluding hydrogens is 329 g/mol. The summed E-state index contributed by atoms with van der Waals surface area (Å²) in [5.41, 5.74) is 1.61. The average molecular weight is 347 g/mol. The minimum Gasteiger partial charge on any atom is -0.310 e. The molecule has 2 aliphatic rings. The van der Waals surface area contributed by atoms with Gasteiger partial charge in [-0.1, -0.05) is 6.42 Å². The van der Waals surface area contributed by atoms with Crippen molar-refractivity contribution >= 4 is 33.9 Å². The number of aryl methyl sites for hydroxylation is 1. The molecule has 1 atom stereocenters. The number of hydrogen-bond donors (Lipinski definition) is 1. The monoisotopic (exact) mass is 347 g/mol. The van der Waals surface area contributed by atoms with Crippen LogP contribution in [0.1, 0.15) is 48.6 Å². The highest BCUT2D eigenvalue weighted by molar-refractivity contribution is 14.1. The molecule has 1 N–H and O–H groups in total. The first kappa shape index (κ1) is 11.5. The Morgan fingerprint density at radius 3 is 2.94 bits per heavy atom. The van der Waals surface area contributed by atoms with Crippen LogP contribution in [0.4, 0.5) is 0 Å². The summed E-state index contributed by atoms with van der Waals surface area (Å²) in [6.07, 6.45) is 8.38. The van der Waals surface area contributed by atoms with Crippen molar-refractivity contribution in [1.82, 2.24) is 5.32 Å². The fraction of sp³-hybridized carbons (Fsp3) is 0.692. The summed E-state index contributed by atoms with van der Waals surface area (Å²) in [5, 5.41) is 3.80. The summed E-state index contributed by atoms with van der Waals surface area (Å²) >= 11 is 4.46. The first-order chi connectivity index (χ1) is 7.83. The van der Waals surface area contributed by atoms with E-state index >= 15 is 0 Å². The molecule has 1 nitrogen and oxygen atoms in total. The van der Waals surface area contributed by atoms with Gasteiger partial charge < -0.3 is 5.32 Å². The van der Waals surface area contributed by atoms with Crippen molar-refractivity contribution in [3.8, 4) is 0 Å². The number of thiophene rings is 1. The van der Waals surface area contributed by atoms with Crippen molar-refractivity contribution in [1.29, 1.82) is 0 Å². The van der Waals surface area contributed by atoms with Gasteiger partial charge in [-0.05, 0) is 78.8 Å². The van der Waals surface area contributed by atoms with Crippen LogP contribution in [0.5, 0.6) is 0 Å². The molecule has 16 heavy (non-hydrogen) atoms. The maximum Gasteiger partial charge on any atom is 0.0659 e. The summed E-state index contributed by atoms with van der Waals surface area (Å²) in [7, 11) is 0. The minimum atomic E-state index is 0.657. The fourth-order valence-corrected chi connectivity index (χ4v) is 4.86. The van der Waals surface area contributed by atoms with Crippen LogP contribution in [-0.2, 0) is 6.42 Å². The molecule has 2 aliphatic carbocycles. The molecule has 1 unspecified atom stereocenters. The van der Waals surface area contributed by atoms with E-state index < -0.39 is 0 Å². The molecule has 0 radical (unpaired) electrons. The third kappa shape index (κ3) is 2.31. The Hall–Kier alpha value is 0.390. The highest BCUT2D eigenvalue weighted by Gasteiger charge is 2.24. The molecule has 0 aromatic carbocycles. The summed E-state index contributed by atoms with van der Waals surface area (Å²) in [6.45, 7) is 1.25. The molecule has 0 aliphatic heterocycles. The van der Waals surface area contributed by atoms with Gasteiger partial charge in [-0.2, -0.15) is 0 Å². The molecule has 3 rings (SSSR count). The molecule has 1 fully saturated rings. The van der Waals surface area contributed by atoms with Crippen molar-refractivity contribution in [2.75, 3.05) is 6.54 Å². The number of nitrogens with one attached hydrogen (secondary N) is 1. The van der Waals surface area contributed by atoms with Gasteiger partial charge in [0, 0.05) is 10.9 Å². The van der Waals surface area contributed by atoms with E-state index in [1.165, 1.54) is 48.0 Å². The SMILES string of the molecule is Ic1cc2c(s1)CCCC2NCC1CCC1. The first-order valence-electron chi connectivity index (χ1n) is 6.34. The van der Waals surface area contributed by atoms with Crippen LogP contribution >= 0.6 is 33.9 Å². The van der Waals surface area contributed by atoms with Crippen LogP contribution in [0.25, 0.3) is 0 Å². The predicted octanol–water partition coefficient (Wildman–Crippen LogP) is 4.12. The van der Waals surface area contributed by atoms with E-state index in [-0.39, 0.29) is 0 Å². The summed E-state index contributed by atoms with van der Waals surface area (Å²) in [5.74, 6) is 0.975. The van der Waals surface area contributed by atoms with Gasteiger partial charge in [0.25, 0.3) is 0 Å². The second kappa shape index (κ2) is 4.94. The van der Waals surface area contributed by atoms with Gasteiger partial charge in [0.15, 0.2) is 0 Å². The van der Waals surface area contributed by atoms with E-state index in [1.54, 1.807) is 10.4 Å². The van der Waals surface area contributed by atoms with Crippen molar-refractivity contribution in [2.45, 2.75) is 44.6 Å². The maximum absolute atomic E-state index is 3.80. The Morgan fingerprint density at radius 1 is 1.31 bits per heavy atom. The Kier molecular flexibility index (Phi) is 3.55. The van der Waals surface area contributed by atoms with Gasteiger partial charge >= 0.3 is 0 Å². The minimum absolute atomic E-state index is 0.657. The molecule has 0 spiro atoms. The smallest absolute Gasteiger partial charge is 0.0659 e. The molecule has 0 saturated heterocycles. The van der Waals surface area contributed by atoms with E-state index in [9.17, 15) is 0 Å². The number of fused-ring (bicyclic) bond motifs is 1. The van der Waals surface area contributed by atoms with Crippen molar-refractivity contribution in [2.24, 2.45) is 5.92 Å². The van der Waals surface area contributed by atoms with Gasteiger partial charge in [-0.25, -0.2) is 0 Å². The van der Waals surface area contributed by atoms with Gasteiger partial charge in [0.05, 0.1) is 2.88 Å². The van der Waals surface area contributed by atoms with Crippen LogP contribution in [0.3, 0.4) is 0 Å². The second-order valence-corrected chi connectivity index (χ2v) is 8.11. The Morgan fingerprint density at radius 2 is 2.19 bits per heavy atom. The van der Waals surface area contributed by atoms with E-state index in [4.69, 9.17) is 0 Å². The van der Waals surface area contributed by atoms with Crippen molar-refractivity contribution in [3.63, 3.8) is 0 Å². The number of hydrogen-bond acceptors (Lipinski definition) is 2. The third-order valence-electron chi connectivity index (χ3n) is 3.96. The predicted molar refractivity (Wildman–Crippen MR) is 78.1 cm³/mol. The lowest BCUT2D eigenvalue weighted by Gasteiger charge is -2.30. The summed E-state index contributed by atoms with van der Waals surface area (Å²) in [6, 6.07) is 3.06. The van der Waals surface area contributed by atoms with Gasteiger partial charge in [-0.15, -0.1) is 11.3 Å². The van der Waals surface area contributed by atoms with E-state index in [0.717, 1.165) is 5.92 Å². The quantitative estimate of drug-likeness (QED) is 0.811. The lowest BCUT2D eigenvalue weighted by Crippen LogP contribution is -2.31. The topological polar surface area (TPSA) is 12.0 Å². The summed E-state index contributed by atoms with van der Waals surface area (Å²) < 4.78 is 1.46. The number of rotatable bonds is 3. The molecule has 88 valence electrons. The molecule has 1 saturated carbocycles. The van der Waals surface area contributed by atoms with Crippen LogP contribution in [0, 0.1) is 8.80 Å². The molecule has 1 aromatic heterocycles. The van der Waals surface area contributed by atoms with Crippen LogP contribution in [0.15, 0.2) is 6.07 Å². The normalized spacial score (nSPS) is 25.2. The van der Waals surface area contributed by atoms with Crippen LogP contribution < -0.4 is 5.32 Å². The second-order valence-electron chi connectivity index (χ2n) is 5.08. The zero-order chi connectivity index (χ0) is 11.0. The average Bonchev–Trinajstić information content (AvgIpc) is 2.56. The van der Waals surface area contributed by atoms with E-state index in [0.29, 0.717) is 6.04 Å². The van der Waals surface area contributed by atoms with Gasteiger partial charge in [0.2, 0.25) is 0 Å².